The number of hydrogen-bond donors (Lipinski definition) is 2. The molecule has 2 heterocycles. The van der Waals surface area contributed by atoms with E-state index in [1.807, 2.05) is 19.1 Å². The molecule has 4 nitrogen and oxygen atoms in total. The van der Waals surface area contributed by atoms with Crippen LogP contribution in [0.4, 0.5) is 0 Å². The van der Waals surface area contributed by atoms with E-state index in [-0.39, 0.29) is 23.9 Å². The van der Waals surface area contributed by atoms with Crippen molar-refractivity contribution in [1.82, 2.24) is 15.6 Å². The Balaban J connectivity index is 0.00000180. The van der Waals surface area contributed by atoms with Crippen molar-refractivity contribution in [2.24, 2.45) is 0 Å². The number of rotatable bonds is 4. The molecule has 0 aliphatic carbocycles. The molecular formula is C14H22ClN3O. The van der Waals surface area contributed by atoms with Crippen molar-refractivity contribution in [3.8, 4) is 0 Å². The lowest BCUT2D eigenvalue weighted by Gasteiger charge is -2.33. The molecule has 2 N–H and O–H groups in total. The van der Waals surface area contributed by atoms with Gasteiger partial charge in [-0.05, 0) is 56.8 Å². The van der Waals surface area contributed by atoms with Crippen LogP contribution in [0.2, 0.25) is 0 Å². The molecule has 1 atom stereocenters. The van der Waals surface area contributed by atoms with Gasteiger partial charge in [-0.2, -0.15) is 0 Å². The summed E-state index contributed by atoms with van der Waals surface area (Å²) in [6.45, 7) is 3.61. The van der Waals surface area contributed by atoms with Crippen molar-refractivity contribution in [2.75, 3.05) is 13.1 Å². The second kappa shape index (κ2) is 7.46. The Bertz CT molecular complexity index is 391. The lowest BCUT2D eigenvalue weighted by molar-refractivity contribution is -0.127. The molecule has 1 aliphatic rings. The lowest BCUT2D eigenvalue weighted by Crippen LogP contribution is -2.57. The van der Waals surface area contributed by atoms with Gasteiger partial charge in [-0.3, -0.25) is 9.78 Å². The zero-order valence-corrected chi connectivity index (χ0v) is 12.1. The Morgan fingerprint density at radius 2 is 2.16 bits per heavy atom. The van der Waals surface area contributed by atoms with Crippen molar-refractivity contribution in [3.63, 3.8) is 0 Å². The predicted molar refractivity (Wildman–Crippen MR) is 78.5 cm³/mol. The van der Waals surface area contributed by atoms with Crippen LogP contribution in [0.1, 0.15) is 31.7 Å². The number of carbonyl (C=O) groups excluding carboxylic acids is 1. The van der Waals surface area contributed by atoms with E-state index in [1.54, 1.807) is 12.4 Å². The van der Waals surface area contributed by atoms with Crippen molar-refractivity contribution in [1.29, 1.82) is 0 Å². The first-order valence-electron chi connectivity index (χ1n) is 6.63. The summed E-state index contributed by atoms with van der Waals surface area (Å²) in [5.74, 6) is 0.122. The highest BCUT2D eigenvalue weighted by molar-refractivity contribution is 5.86. The Hall–Kier alpha value is -1.13. The fraction of sp³-hybridized carbons (Fsp3) is 0.571. The summed E-state index contributed by atoms with van der Waals surface area (Å²) in [7, 11) is 0. The number of carbonyl (C=O) groups is 1. The van der Waals surface area contributed by atoms with Gasteiger partial charge in [0.25, 0.3) is 0 Å². The van der Waals surface area contributed by atoms with E-state index in [9.17, 15) is 4.79 Å². The Morgan fingerprint density at radius 1 is 1.42 bits per heavy atom. The van der Waals surface area contributed by atoms with E-state index >= 15 is 0 Å². The van der Waals surface area contributed by atoms with E-state index in [0.29, 0.717) is 6.54 Å². The molecule has 106 valence electrons. The first kappa shape index (κ1) is 15.9. The van der Waals surface area contributed by atoms with Crippen LogP contribution >= 0.6 is 12.4 Å². The molecule has 5 heteroatoms. The van der Waals surface area contributed by atoms with Gasteiger partial charge in [0, 0.05) is 18.9 Å². The van der Waals surface area contributed by atoms with Crippen molar-refractivity contribution < 1.29 is 4.79 Å². The minimum atomic E-state index is -0.378. The zero-order chi connectivity index (χ0) is 12.8. The van der Waals surface area contributed by atoms with Gasteiger partial charge in [0.15, 0.2) is 0 Å². The zero-order valence-electron chi connectivity index (χ0n) is 11.3. The lowest BCUT2D eigenvalue weighted by atomic mass is 9.90. The largest absolute Gasteiger partial charge is 0.354 e. The molecule has 0 spiro atoms. The second-order valence-electron chi connectivity index (χ2n) is 5.08. The van der Waals surface area contributed by atoms with E-state index in [4.69, 9.17) is 0 Å². The number of hydrogen-bond acceptors (Lipinski definition) is 3. The fourth-order valence-electron chi connectivity index (χ4n) is 2.31. The molecule has 2 rings (SSSR count). The van der Waals surface area contributed by atoms with Gasteiger partial charge in [-0.1, -0.05) is 0 Å². The highest BCUT2D eigenvalue weighted by atomic mass is 35.5. The molecule has 0 bridgehead atoms. The molecule has 1 aromatic heterocycles. The number of halogens is 1. The maximum atomic E-state index is 12.1. The van der Waals surface area contributed by atoms with Gasteiger partial charge in [0.05, 0.1) is 5.54 Å². The van der Waals surface area contributed by atoms with Gasteiger partial charge in [-0.15, -0.1) is 12.4 Å². The summed E-state index contributed by atoms with van der Waals surface area (Å²) in [5, 5.41) is 6.34. The summed E-state index contributed by atoms with van der Waals surface area (Å²) in [6, 6.07) is 3.96. The minimum absolute atomic E-state index is 0. The second-order valence-corrected chi connectivity index (χ2v) is 5.08. The Morgan fingerprint density at radius 3 is 2.79 bits per heavy atom. The topological polar surface area (TPSA) is 54.0 Å². The van der Waals surface area contributed by atoms with E-state index in [0.717, 1.165) is 25.8 Å². The molecule has 1 aromatic rings. The number of pyridine rings is 1. The quantitative estimate of drug-likeness (QED) is 0.884. The number of amides is 1. The monoisotopic (exact) mass is 283 g/mol. The highest BCUT2D eigenvalue weighted by Crippen LogP contribution is 2.18. The first-order valence-corrected chi connectivity index (χ1v) is 6.63. The average Bonchev–Trinajstić information content (AvgIpc) is 2.41. The van der Waals surface area contributed by atoms with Crippen LogP contribution in [0, 0.1) is 0 Å². The molecule has 1 aliphatic heterocycles. The van der Waals surface area contributed by atoms with E-state index < -0.39 is 0 Å². The first-order chi connectivity index (χ1) is 8.71. The number of nitrogens with zero attached hydrogens (tertiary/aromatic N) is 1. The Labute approximate surface area is 120 Å². The summed E-state index contributed by atoms with van der Waals surface area (Å²) in [5.41, 5.74) is 0.822. The van der Waals surface area contributed by atoms with Gasteiger partial charge in [0.1, 0.15) is 0 Å². The number of nitrogens with one attached hydrogen (secondary N) is 2. The number of piperidine rings is 1. The minimum Gasteiger partial charge on any atom is -0.354 e. The SMILES string of the molecule is CC1(C(=O)NCCc2ccncc2)CCCCN1.Cl. The van der Waals surface area contributed by atoms with Gasteiger partial charge >= 0.3 is 0 Å². The van der Waals surface area contributed by atoms with Crippen LogP contribution < -0.4 is 10.6 Å². The van der Waals surface area contributed by atoms with Crippen molar-refractivity contribution in [2.45, 2.75) is 38.1 Å². The van der Waals surface area contributed by atoms with Crippen LogP contribution in [0.15, 0.2) is 24.5 Å². The maximum absolute atomic E-state index is 12.1. The van der Waals surface area contributed by atoms with Gasteiger partial charge in [-0.25, -0.2) is 0 Å². The molecule has 19 heavy (non-hydrogen) atoms. The Kier molecular flexibility index (Phi) is 6.25. The van der Waals surface area contributed by atoms with E-state index in [2.05, 4.69) is 15.6 Å². The van der Waals surface area contributed by atoms with Gasteiger partial charge < -0.3 is 10.6 Å². The van der Waals surface area contributed by atoms with Crippen LogP contribution in [-0.4, -0.2) is 29.5 Å². The molecule has 1 amide bonds. The van der Waals surface area contributed by atoms with Crippen LogP contribution in [0.3, 0.4) is 0 Å². The van der Waals surface area contributed by atoms with Crippen LogP contribution in [0.5, 0.6) is 0 Å². The standard InChI is InChI=1S/C14H21N3O.ClH/c1-14(7-2-3-8-17-14)13(18)16-11-6-12-4-9-15-10-5-12;/h4-5,9-10,17H,2-3,6-8,11H2,1H3,(H,16,18);1H. The molecule has 1 saturated heterocycles. The smallest absolute Gasteiger partial charge is 0.240 e. The third kappa shape index (κ3) is 4.48. The van der Waals surface area contributed by atoms with E-state index in [1.165, 1.54) is 12.0 Å². The summed E-state index contributed by atoms with van der Waals surface area (Å²) >= 11 is 0. The summed E-state index contributed by atoms with van der Waals surface area (Å²) in [6.07, 6.45) is 7.63. The molecule has 0 saturated carbocycles. The highest BCUT2D eigenvalue weighted by Gasteiger charge is 2.33. The maximum Gasteiger partial charge on any atom is 0.240 e. The average molecular weight is 284 g/mol. The van der Waals surface area contributed by atoms with Crippen LogP contribution in [0.25, 0.3) is 0 Å². The third-order valence-corrected chi connectivity index (χ3v) is 3.57. The third-order valence-electron chi connectivity index (χ3n) is 3.57. The molecule has 1 unspecified atom stereocenters. The summed E-state index contributed by atoms with van der Waals surface area (Å²) < 4.78 is 0. The van der Waals surface area contributed by atoms with Gasteiger partial charge in [0.2, 0.25) is 5.91 Å². The molecule has 0 radical (unpaired) electrons. The van der Waals surface area contributed by atoms with Crippen molar-refractivity contribution >= 4 is 18.3 Å². The van der Waals surface area contributed by atoms with Crippen molar-refractivity contribution in [3.05, 3.63) is 30.1 Å². The number of aromatic nitrogens is 1. The normalized spacial score (nSPS) is 22.4. The molecule has 1 fully saturated rings. The summed E-state index contributed by atoms with van der Waals surface area (Å²) in [4.78, 5) is 16.1. The molecule has 0 aromatic carbocycles. The molecular weight excluding hydrogens is 262 g/mol. The predicted octanol–water partition coefficient (Wildman–Crippen LogP) is 1.69. The fourth-order valence-corrected chi connectivity index (χ4v) is 2.31. The van der Waals surface area contributed by atoms with Crippen LogP contribution in [-0.2, 0) is 11.2 Å².